The quantitative estimate of drug-likeness (QED) is 0.0706. The molecule has 0 amide bonds. The van der Waals surface area contributed by atoms with Crippen molar-refractivity contribution in [3.63, 3.8) is 0 Å². The molecule has 0 aromatic carbocycles. The number of hydrogen-bond acceptors (Lipinski definition) is 9. The number of aliphatic carboxylic acids is 1. The summed E-state index contributed by atoms with van der Waals surface area (Å²) >= 11 is 0. The summed E-state index contributed by atoms with van der Waals surface area (Å²) in [6.45, 7) is 2.47. The molecular formula is C26H50NO10P. The lowest BCUT2D eigenvalue weighted by Gasteiger charge is -2.20. The van der Waals surface area contributed by atoms with Crippen molar-refractivity contribution in [2.75, 3.05) is 19.8 Å². The summed E-state index contributed by atoms with van der Waals surface area (Å²) in [6, 6.07) is -1.51. The van der Waals surface area contributed by atoms with E-state index in [4.69, 9.17) is 24.8 Å². The van der Waals surface area contributed by atoms with Gasteiger partial charge in [0.05, 0.1) is 13.2 Å². The maximum atomic E-state index is 12.3. The summed E-state index contributed by atoms with van der Waals surface area (Å²) in [5.41, 5.74) is 5.25. The maximum Gasteiger partial charge on any atom is 0.472 e. The van der Waals surface area contributed by atoms with E-state index in [1.165, 1.54) is 51.4 Å². The number of carbonyl (C=O) groups is 3. The molecule has 4 N–H and O–H groups in total. The molecule has 38 heavy (non-hydrogen) atoms. The fraction of sp³-hybridized carbons (Fsp3) is 0.885. The molecule has 0 fully saturated rings. The first kappa shape index (κ1) is 36.5. The monoisotopic (exact) mass is 567 g/mol. The first-order chi connectivity index (χ1) is 18.1. The summed E-state index contributed by atoms with van der Waals surface area (Å²) in [7, 11) is -4.67. The van der Waals surface area contributed by atoms with Crippen LogP contribution >= 0.6 is 7.82 Å². The van der Waals surface area contributed by atoms with Gasteiger partial charge in [-0.15, -0.1) is 0 Å². The first-order valence-corrected chi connectivity index (χ1v) is 15.6. The van der Waals surface area contributed by atoms with Crippen LogP contribution in [-0.2, 0) is 37.5 Å². The molecule has 3 atom stereocenters. The minimum absolute atomic E-state index is 0.165. The number of nitrogens with two attached hydrogens (primary N) is 1. The van der Waals surface area contributed by atoms with Gasteiger partial charge < -0.3 is 25.2 Å². The van der Waals surface area contributed by atoms with Gasteiger partial charge in [-0.25, -0.2) is 4.57 Å². The number of unbranched alkanes of at least 4 members (excludes halogenated alkanes) is 12. The molecule has 0 saturated carbocycles. The molecule has 0 rings (SSSR count). The van der Waals surface area contributed by atoms with Crippen LogP contribution in [0.3, 0.4) is 0 Å². The number of carboxylic acid groups (broad SMARTS) is 1. The Bertz CT molecular complexity index is 691. The van der Waals surface area contributed by atoms with Crippen LogP contribution in [-0.4, -0.2) is 59.9 Å². The van der Waals surface area contributed by atoms with E-state index in [-0.39, 0.29) is 19.4 Å². The van der Waals surface area contributed by atoms with Crippen molar-refractivity contribution in [1.29, 1.82) is 0 Å². The van der Waals surface area contributed by atoms with Crippen LogP contribution in [0.25, 0.3) is 0 Å². The van der Waals surface area contributed by atoms with Crippen molar-refractivity contribution in [2.24, 2.45) is 5.73 Å². The number of carboxylic acids is 1. The van der Waals surface area contributed by atoms with Crippen molar-refractivity contribution in [3.8, 4) is 0 Å². The molecule has 3 unspecified atom stereocenters. The van der Waals surface area contributed by atoms with Crippen LogP contribution in [0, 0.1) is 0 Å². The molecule has 0 saturated heterocycles. The summed E-state index contributed by atoms with van der Waals surface area (Å²) in [6.07, 6.45) is 14.6. The molecule has 0 aliphatic carbocycles. The Labute approximate surface area is 227 Å². The van der Waals surface area contributed by atoms with Crippen molar-refractivity contribution in [1.82, 2.24) is 0 Å². The lowest BCUT2D eigenvalue weighted by molar-refractivity contribution is -0.161. The number of carbonyl (C=O) groups excluding carboxylic acids is 2. The molecule has 0 aromatic heterocycles. The third-order valence-corrected chi connectivity index (χ3v) is 6.81. The Morgan fingerprint density at radius 1 is 0.711 bits per heavy atom. The van der Waals surface area contributed by atoms with E-state index >= 15 is 0 Å². The van der Waals surface area contributed by atoms with Crippen LogP contribution in [0.15, 0.2) is 0 Å². The van der Waals surface area contributed by atoms with Crippen molar-refractivity contribution >= 4 is 25.7 Å². The van der Waals surface area contributed by atoms with Gasteiger partial charge in [0.1, 0.15) is 12.6 Å². The van der Waals surface area contributed by atoms with Crippen LogP contribution < -0.4 is 5.73 Å². The molecule has 0 aliphatic rings. The first-order valence-electron chi connectivity index (χ1n) is 14.1. The van der Waals surface area contributed by atoms with Gasteiger partial charge in [-0.1, -0.05) is 90.9 Å². The van der Waals surface area contributed by atoms with Gasteiger partial charge in [-0.2, -0.15) is 0 Å². The Balaban J connectivity index is 4.37. The molecule has 224 valence electrons. The fourth-order valence-electron chi connectivity index (χ4n) is 3.51. The average molecular weight is 568 g/mol. The van der Waals surface area contributed by atoms with Gasteiger partial charge in [-0.3, -0.25) is 23.4 Å². The van der Waals surface area contributed by atoms with Crippen molar-refractivity contribution in [2.45, 2.75) is 129 Å². The van der Waals surface area contributed by atoms with Gasteiger partial charge in [0.2, 0.25) is 0 Å². The minimum atomic E-state index is -4.67. The van der Waals surface area contributed by atoms with E-state index in [0.29, 0.717) is 12.8 Å². The van der Waals surface area contributed by atoms with E-state index in [1.54, 1.807) is 0 Å². The highest BCUT2D eigenvalue weighted by Gasteiger charge is 2.28. The average Bonchev–Trinajstić information content (AvgIpc) is 2.88. The molecule has 0 radical (unpaired) electrons. The molecule has 0 aromatic rings. The lowest BCUT2D eigenvalue weighted by Crippen LogP contribution is -2.34. The Morgan fingerprint density at radius 2 is 1.18 bits per heavy atom. The number of phosphoric ester groups is 1. The van der Waals surface area contributed by atoms with Crippen molar-refractivity contribution in [3.05, 3.63) is 0 Å². The van der Waals surface area contributed by atoms with Gasteiger partial charge in [-0.05, 0) is 12.8 Å². The second-order valence-corrected chi connectivity index (χ2v) is 11.0. The Kier molecular flexibility index (Phi) is 22.4. The summed E-state index contributed by atoms with van der Waals surface area (Å²) in [4.78, 5) is 44.6. The van der Waals surface area contributed by atoms with Gasteiger partial charge >= 0.3 is 25.7 Å². The molecule has 0 aliphatic heterocycles. The summed E-state index contributed by atoms with van der Waals surface area (Å²) < 4.78 is 31.8. The highest BCUT2D eigenvalue weighted by Crippen LogP contribution is 2.43. The summed E-state index contributed by atoms with van der Waals surface area (Å²) in [5, 5.41) is 8.74. The molecule has 11 nitrogen and oxygen atoms in total. The zero-order valence-corrected chi connectivity index (χ0v) is 24.2. The zero-order valence-electron chi connectivity index (χ0n) is 23.3. The molecule has 0 spiro atoms. The Hall–Kier alpha value is -1.52. The maximum absolute atomic E-state index is 12.3. The number of ether oxygens (including phenoxy) is 2. The van der Waals surface area contributed by atoms with E-state index < -0.39 is 51.1 Å². The van der Waals surface area contributed by atoms with Crippen LogP contribution in [0.4, 0.5) is 0 Å². The van der Waals surface area contributed by atoms with E-state index in [2.05, 4.69) is 11.4 Å². The molecule has 0 heterocycles. The summed E-state index contributed by atoms with van der Waals surface area (Å²) in [5.74, 6) is -2.42. The molecule has 12 heteroatoms. The largest absolute Gasteiger partial charge is 0.480 e. The standard InChI is InChI=1S/C26H50NO10P/c1-3-5-7-8-9-10-11-12-13-14-15-16-18-25(29)37-22(19-34-24(28)17-6-4-2)20-35-38(32,33)36-21-23(27)26(30)31/h22-23H,3-21,27H2,1-2H3,(H,30,31)(H,32,33). The topological polar surface area (TPSA) is 172 Å². The third kappa shape index (κ3) is 22.5. The smallest absolute Gasteiger partial charge is 0.472 e. The van der Waals surface area contributed by atoms with Crippen LogP contribution in [0.1, 0.15) is 117 Å². The Morgan fingerprint density at radius 3 is 1.71 bits per heavy atom. The molecule has 0 bridgehead atoms. The third-order valence-electron chi connectivity index (χ3n) is 5.86. The zero-order chi connectivity index (χ0) is 28.7. The minimum Gasteiger partial charge on any atom is -0.480 e. The predicted molar refractivity (Wildman–Crippen MR) is 143 cm³/mol. The van der Waals surface area contributed by atoms with Crippen LogP contribution in [0.5, 0.6) is 0 Å². The van der Waals surface area contributed by atoms with Crippen LogP contribution in [0.2, 0.25) is 0 Å². The number of esters is 2. The van der Waals surface area contributed by atoms with Gasteiger partial charge in [0.15, 0.2) is 6.10 Å². The van der Waals surface area contributed by atoms with E-state index in [0.717, 1.165) is 25.7 Å². The van der Waals surface area contributed by atoms with Gasteiger partial charge in [0.25, 0.3) is 0 Å². The highest BCUT2D eigenvalue weighted by atomic mass is 31.2. The van der Waals surface area contributed by atoms with E-state index in [1.807, 2.05) is 6.92 Å². The van der Waals surface area contributed by atoms with E-state index in [9.17, 15) is 23.8 Å². The lowest BCUT2D eigenvalue weighted by atomic mass is 10.0. The molecular weight excluding hydrogens is 517 g/mol. The normalized spacial score (nSPS) is 14.4. The second-order valence-electron chi connectivity index (χ2n) is 9.54. The van der Waals surface area contributed by atoms with Gasteiger partial charge in [0, 0.05) is 12.8 Å². The van der Waals surface area contributed by atoms with Crippen molar-refractivity contribution < 1.29 is 47.5 Å². The fourth-order valence-corrected chi connectivity index (χ4v) is 4.29. The highest BCUT2D eigenvalue weighted by molar-refractivity contribution is 7.47. The second kappa shape index (κ2) is 23.4. The number of hydrogen-bond donors (Lipinski definition) is 3. The SMILES string of the molecule is CCCCCCCCCCCCCCC(=O)OC(COC(=O)CCCC)COP(=O)(O)OCC(N)C(=O)O. The number of phosphoric acid groups is 1. The predicted octanol–water partition coefficient (Wildman–Crippen LogP) is 5.27. The number of rotatable bonds is 26.